The molecule has 0 radical (unpaired) electrons. The van der Waals surface area contributed by atoms with E-state index in [4.69, 9.17) is 14.2 Å². The third-order valence-electron chi connectivity index (χ3n) is 5.13. The highest BCUT2D eigenvalue weighted by Gasteiger charge is 2.20. The Bertz CT molecular complexity index is 918. The van der Waals surface area contributed by atoms with Crippen LogP contribution in [0.15, 0.2) is 72.8 Å². The third kappa shape index (κ3) is 7.46. The van der Waals surface area contributed by atoms with E-state index in [-0.39, 0.29) is 0 Å². The van der Waals surface area contributed by atoms with Crippen LogP contribution in [-0.2, 0) is 0 Å². The van der Waals surface area contributed by atoms with Gasteiger partial charge in [0.1, 0.15) is 30.5 Å². The van der Waals surface area contributed by atoms with Gasteiger partial charge in [0, 0.05) is 18.4 Å². The summed E-state index contributed by atoms with van der Waals surface area (Å²) >= 11 is 0. The lowest BCUT2D eigenvalue weighted by Crippen LogP contribution is -2.22. The van der Waals surface area contributed by atoms with E-state index in [1.807, 2.05) is 40.3 Å². The quantitative estimate of drug-likeness (QED) is 0.383. The van der Waals surface area contributed by atoms with Gasteiger partial charge in [-0.15, -0.1) is 0 Å². The number of ether oxygens (including phenoxy) is 3. The molecule has 0 saturated carbocycles. The van der Waals surface area contributed by atoms with E-state index in [9.17, 15) is 0 Å². The third-order valence-corrected chi connectivity index (χ3v) is 7.61. The number of rotatable bonds is 12. The fourth-order valence-electron chi connectivity index (χ4n) is 3.32. The second-order valence-corrected chi connectivity index (χ2v) is 10.5. The zero-order valence-electron chi connectivity index (χ0n) is 20.3. The molecular weight excluding hydrogens is 431 g/mol. The van der Waals surface area contributed by atoms with Gasteiger partial charge in [-0.05, 0) is 77.1 Å². The number of benzene rings is 3. The van der Waals surface area contributed by atoms with Crippen molar-refractivity contribution < 1.29 is 14.2 Å². The SMILES string of the molecule is COc1ccccc1P(c1ccc(OCCN(C)C)cc1)c1ccc(OCCN(C)C)cc1. The van der Waals surface area contributed by atoms with Crippen LogP contribution >= 0.6 is 7.92 Å². The Balaban J connectivity index is 1.86. The molecule has 0 heterocycles. The summed E-state index contributed by atoms with van der Waals surface area (Å²) in [5, 5.41) is 3.68. The van der Waals surface area contributed by atoms with Crippen molar-refractivity contribution in [2.24, 2.45) is 0 Å². The van der Waals surface area contributed by atoms with Crippen molar-refractivity contribution in [2.75, 3.05) is 61.6 Å². The minimum atomic E-state index is -0.796. The molecule has 0 unspecified atom stereocenters. The first-order valence-corrected chi connectivity index (χ1v) is 12.5. The topological polar surface area (TPSA) is 34.2 Å². The molecule has 0 aliphatic carbocycles. The minimum absolute atomic E-state index is 0.670. The van der Waals surface area contributed by atoms with Gasteiger partial charge in [0.25, 0.3) is 0 Å². The van der Waals surface area contributed by atoms with Gasteiger partial charge in [-0.3, -0.25) is 0 Å². The van der Waals surface area contributed by atoms with Crippen molar-refractivity contribution in [1.29, 1.82) is 0 Å². The van der Waals surface area contributed by atoms with E-state index >= 15 is 0 Å². The molecule has 0 fully saturated rings. The molecule has 0 aliphatic rings. The predicted octanol–water partition coefficient (Wildman–Crippen LogP) is 3.33. The number of methoxy groups -OCH3 is 1. The summed E-state index contributed by atoms with van der Waals surface area (Å²) in [4.78, 5) is 4.23. The lowest BCUT2D eigenvalue weighted by atomic mass is 10.3. The summed E-state index contributed by atoms with van der Waals surface area (Å²) in [6, 6.07) is 25.2. The monoisotopic (exact) mass is 466 g/mol. The summed E-state index contributed by atoms with van der Waals surface area (Å²) in [6.07, 6.45) is 0. The van der Waals surface area contributed by atoms with E-state index in [0.29, 0.717) is 13.2 Å². The van der Waals surface area contributed by atoms with Crippen molar-refractivity contribution in [3.8, 4) is 17.2 Å². The summed E-state index contributed by atoms with van der Waals surface area (Å²) in [5.74, 6) is 2.68. The molecular formula is C27H35N2O3P. The second-order valence-electron chi connectivity index (χ2n) is 8.30. The Labute approximate surface area is 199 Å². The van der Waals surface area contributed by atoms with Crippen LogP contribution in [0.4, 0.5) is 0 Å². The van der Waals surface area contributed by atoms with Crippen LogP contribution in [0.3, 0.4) is 0 Å². The lowest BCUT2D eigenvalue weighted by Gasteiger charge is -2.22. The second kappa shape index (κ2) is 12.6. The number of likely N-dealkylation sites (N-methyl/N-ethyl adjacent to an activating group) is 2. The molecule has 0 aliphatic heterocycles. The molecule has 0 N–H and O–H groups in total. The van der Waals surface area contributed by atoms with E-state index in [2.05, 4.69) is 70.5 Å². The number of hydrogen-bond acceptors (Lipinski definition) is 5. The van der Waals surface area contributed by atoms with Gasteiger partial charge in [-0.1, -0.05) is 42.5 Å². The smallest absolute Gasteiger partial charge is 0.127 e. The summed E-state index contributed by atoms with van der Waals surface area (Å²) in [7, 11) is 9.12. The maximum absolute atomic E-state index is 5.90. The first-order valence-electron chi connectivity index (χ1n) is 11.2. The van der Waals surface area contributed by atoms with Gasteiger partial charge < -0.3 is 24.0 Å². The van der Waals surface area contributed by atoms with Gasteiger partial charge in [0.2, 0.25) is 0 Å². The van der Waals surface area contributed by atoms with E-state index in [1.54, 1.807) is 7.11 Å². The molecule has 0 saturated heterocycles. The number of hydrogen-bond donors (Lipinski definition) is 0. The normalized spacial score (nSPS) is 11.3. The Morgan fingerprint density at radius 2 is 1.09 bits per heavy atom. The molecule has 0 bridgehead atoms. The molecule has 0 spiro atoms. The zero-order valence-corrected chi connectivity index (χ0v) is 21.2. The summed E-state index contributed by atoms with van der Waals surface area (Å²) < 4.78 is 17.5. The molecule has 0 aromatic heterocycles. The highest BCUT2D eigenvalue weighted by Crippen LogP contribution is 2.37. The Hall–Kier alpha value is -2.59. The largest absolute Gasteiger partial charge is 0.496 e. The molecule has 3 rings (SSSR count). The summed E-state index contributed by atoms with van der Waals surface area (Å²) in [6.45, 7) is 3.11. The molecule has 0 atom stereocenters. The van der Waals surface area contributed by atoms with Crippen molar-refractivity contribution >= 4 is 23.8 Å². The molecule has 3 aromatic carbocycles. The maximum atomic E-state index is 5.90. The molecule has 176 valence electrons. The Morgan fingerprint density at radius 1 is 0.636 bits per heavy atom. The average Bonchev–Trinajstić information content (AvgIpc) is 2.81. The number of para-hydroxylation sites is 1. The van der Waals surface area contributed by atoms with E-state index < -0.39 is 7.92 Å². The molecule has 5 nitrogen and oxygen atoms in total. The summed E-state index contributed by atoms with van der Waals surface area (Å²) in [5.41, 5.74) is 0. The number of nitrogens with zero attached hydrogens (tertiary/aromatic N) is 2. The van der Waals surface area contributed by atoms with Gasteiger partial charge in [-0.2, -0.15) is 0 Å². The van der Waals surface area contributed by atoms with Crippen LogP contribution in [0.5, 0.6) is 17.2 Å². The highest BCUT2D eigenvalue weighted by molar-refractivity contribution is 7.80. The Kier molecular flexibility index (Phi) is 9.56. The lowest BCUT2D eigenvalue weighted by molar-refractivity contribution is 0.261. The molecule has 6 heteroatoms. The van der Waals surface area contributed by atoms with Gasteiger partial charge >= 0.3 is 0 Å². The van der Waals surface area contributed by atoms with Crippen LogP contribution < -0.4 is 30.1 Å². The van der Waals surface area contributed by atoms with Gasteiger partial charge in [0.05, 0.1) is 7.11 Å². The Morgan fingerprint density at radius 3 is 1.52 bits per heavy atom. The minimum Gasteiger partial charge on any atom is -0.496 e. The standard InChI is InChI=1S/C27H35N2O3P/c1-28(2)18-20-31-22-10-14-24(15-11-22)33(27-9-7-6-8-26(27)30-5)25-16-12-23(13-17-25)32-21-19-29(3)4/h6-17H,18-21H2,1-5H3. The van der Waals surface area contributed by atoms with Crippen LogP contribution in [0, 0.1) is 0 Å². The van der Waals surface area contributed by atoms with E-state index in [1.165, 1.54) is 15.9 Å². The van der Waals surface area contributed by atoms with Crippen molar-refractivity contribution in [1.82, 2.24) is 9.80 Å². The first-order chi connectivity index (χ1) is 16.0. The molecule has 0 amide bonds. The highest BCUT2D eigenvalue weighted by atomic mass is 31.1. The van der Waals surface area contributed by atoms with Crippen molar-refractivity contribution in [3.05, 3.63) is 72.8 Å². The predicted molar refractivity (Wildman–Crippen MR) is 140 cm³/mol. The van der Waals surface area contributed by atoms with Crippen LogP contribution in [0.2, 0.25) is 0 Å². The van der Waals surface area contributed by atoms with Crippen molar-refractivity contribution in [2.45, 2.75) is 0 Å². The van der Waals surface area contributed by atoms with Crippen molar-refractivity contribution in [3.63, 3.8) is 0 Å². The molecule has 3 aromatic rings. The fraction of sp³-hybridized carbons (Fsp3) is 0.333. The fourth-order valence-corrected chi connectivity index (χ4v) is 5.69. The first kappa shape index (κ1) is 25.0. The average molecular weight is 467 g/mol. The zero-order chi connectivity index (χ0) is 23.6. The maximum Gasteiger partial charge on any atom is 0.127 e. The van der Waals surface area contributed by atoms with Crippen LogP contribution in [-0.4, -0.2) is 71.4 Å². The van der Waals surface area contributed by atoms with Crippen LogP contribution in [0.25, 0.3) is 0 Å². The van der Waals surface area contributed by atoms with Gasteiger partial charge in [-0.25, -0.2) is 0 Å². The molecule has 33 heavy (non-hydrogen) atoms. The van der Waals surface area contributed by atoms with Gasteiger partial charge in [0.15, 0.2) is 0 Å². The van der Waals surface area contributed by atoms with E-state index in [0.717, 1.165) is 30.3 Å². The van der Waals surface area contributed by atoms with Crippen LogP contribution in [0.1, 0.15) is 0 Å².